The maximum atomic E-state index is 11.9. The minimum Gasteiger partial charge on any atom is -0.497 e. The van der Waals surface area contributed by atoms with Crippen LogP contribution >= 0.6 is 11.3 Å². The summed E-state index contributed by atoms with van der Waals surface area (Å²) in [6.45, 7) is 0.953. The molecule has 6 nitrogen and oxygen atoms in total. The molecule has 2 amide bonds. The zero-order valence-corrected chi connectivity index (χ0v) is 15.8. The highest BCUT2D eigenvalue weighted by molar-refractivity contribution is 7.12. The lowest BCUT2D eigenvalue weighted by Gasteiger charge is -2.07. The Bertz CT molecular complexity index is 843. The molecular formula is C20H22N2O4S. The number of urea groups is 1. The van der Waals surface area contributed by atoms with Crippen LogP contribution < -0.4 is 15.4 Å². The number of aliphatic hydroxyl groups excluding tert-OH is 1. The van der Waals surface area contributed by atoms with Crippen molar-refractivity contribution in [3.8, 4) is 5.75 Å². The molecule has 27 heavy (non-hydrogen) atoms. The number of hydrogen-bond donors (Lipinski definition) is 3. The molecule has 0 bridgehead atoms. The number of nitrogens with one attached hydrogen (secondary N) is 2. The molecule has 3 aromatic rings. The molecule has 3 rings (SSSR count). The van der Waals surface area contributed by atoms with E-state index in [4.69, 9.17) is 9.15 Å². The van der Waals surface area contributed by atoms with E-state index >= 15 is 0 Å². The van der Waals surface area contributed by atoms with Crippen LogP contribution in [0.2, 0.25) is 0 Å². The van der Waals surface area contributed by atoms with Crippen molar-refractivity contribution in [3.05, 3.63) is 75.9 Å². The van der Waals surface area contributed by atoms with E-state index in [0.29, 0.717) is 18.8 Å². The number of benzene rings is 1. The first-order valence-corrected chi connectivity index (χ1v) is 9.42. The Kier molecular flexibility index (Phi) is 6.51. The Morgan fingerprint density at radius 1 is 1.19 bits per heavy atom. The highest BCUT2D eigenvalue weighted by atomic mass is 32.1. The first-order chi connectivity index (χ1) is 13.2. The second-order valence-electron chi connectivity index (χ2n) is 5.93. The summed E-state index contributed by atoms with van der Waals surface area (Å²) in [7, 11) is 1.63. The van der Waals surface area contributed by atoms with Gasteiger partial charge in [0.05, 0.1) is 19.9 Å². The lowest BCUT2D eigenvalue weighted by atomic mass is 10.1. The molecule has 0 unspecified atom stereocenters. The van der Waals surface area contributed by atoms with Gasteiger partial charge in [-0.25, -0.2) is 4.79 Å². The van der Waals surface area contributed by atoms with Gasteiger partial charge in [-0.2, -0.15) is 0 Å². The predicted octanol–water partition coefficient (Wildman–Crippen LogP) is 3.47. The van der Waals surface area contributed by atoms with Crippen LogP contribution in [0.15, 0.2) is 59.2 Å². The van der Waals surface area contributed by atoms with E-state index in [-0.39, 0.29) is 6.03 Å². The maximum Gasteiger partial charge on any atom is 0.315 e. The van der Waals surface area contributed by atoms with Gasteiger partial charge in [-0.05, 0) is 48.4 Å². The van der Waals surface area contributed by atoms with Gasteiger partial charge in [0.25, 0.3) is 0 Å². The molecule has 0 saturated heterocycles. The van der Waals surface area contributed by atoms with E-state index < -0.39 is 6.10 Å². The van der Waals surface area contributed by atoms with Crippen LogP contribution in [-0.2, 0) is 13.0 Å². The number of amides is 2. The molecule has 0 aliphatic heterocycles. The average molecular weight is 386 g/mol. The van der Waals surface area contributed by atoms with Crippen molar-refractivity contribution in [3.63, 3.8) is 0 Å². The molecule has 1 aromatic carbocycles. The van der Waals surface area contributed by atoms with Gasteiger partial charge in [0.15, 0.2) is 0 Å². The third-order valence-corrected chi connectivity index (χ3v) is 5.18. The van der Waals surface area contributed by atoms with Gasteiger partial charge in [-0.3, -0.25) is 0 Å². The SMILES string of the molecule is COc1ccc(CCNC(=O)NCc2ccc([C@@H](O)c3ccco3)s2)cc1. The Hall–Kier alpha value is -2.77. The third kappa shape index (κ3) is 5.35. The van der Waals surface area contributed by atoms with Gasteiger partial charge in [0, 0.05) is 16.3 Å². The molecule has 0 saturated carbocycles. The smallest absolute Gasteiger partial charge is 0.315 e. The second-order valence-corrected chi connectivity index (χ2v) is 7.13. The van der Waals surface area contributed by atoms with Gasteiger partial charge >= 0.3 is 6.03 Å². The quantitative estimate of drug-likeness (QED) is 0.553. The van der Waals surface area contributed by atoms with Crippen molar-refractivity contribution in [2.45, 2.75) is 19.1 Å². The van der Waals surface area contributed by atoms with Crippen LogP contribution in [0, 0.1) is 0 Å². The summed E-state index contributed by atoms with van der Waals surface area (Å²) in [6, 6.07) is 14.8. The van der Waals surface area contributed by atoms with Crippen LogP contribution in [0.1, 0.15) is 27.2 Å². The zero-order chi connectivity index (χ0) is 19.1. The molecule has 142 valence electrons. The predicted molar refractivity (Wildman–Crippen MR) is 104 cm³/mol. The summed E-state index contributed by atoms with van der Waals surface area (Å²) in [5, 5.41) is 15.9. The number of hydrogen-bond acceptors (Lipinski definition) is 5. The number of ether oxygens (including phenoxy) is 1. The number of aliphatic hydroxyl groups is 1. The van der Waals surface area contributed by atoms with Gasteiger partial charge in [0.2, 0.25) is 0 Å². The van der Waals surface area contributed by atoms with E-state index in [1.807, 2.05) is 36.4 Å². The molecule has 0 aliphatic carbocycles. The maximum absolute atomic E-state index is 11.9. The van der Waals surface area contributed by atoms with Crippen LogP contribution in [0.3, 0.4) is 0 Å². The molecule has 0 spiro atoms. The van der Waals surface area contributed by atoms with E-state index in [1.165, 1.54) is 17.6 Å². The van der Waals surface area contributed by atoms with Crippen molar-refractivity contribution in [2.24, 2.45) is 0 Å². The number of rotatable bonds is 8. The summed E-state index contributed by atoms with van der Waals surface area (Å²) in [4.78, 5) is 13.7. The topological polar surface area (TPSA) is 83.7 Å². The van der Waals surface area contributed by atoms with E-state index in [0.717, 1.165) is 27.5 Å². The van der Waals surface area contributed by atoms with Crippen LogP contribution in [-0.4, -0.2) is 24.8 Å². The number of thiophene rings is 1. The lowest BCUT2D eigenvalue weighted by Crippen LogP contribution is -2.36. The summed E-state index contributed by atoms with van der Waals surface area (Å²) in [5.41, 5.74) is 1.13. The molecule has 0 fully saturated rings. The summed E-state index contributed by atoms with van der Waals surface area (Å²) < 4.78 is 10.3. The second kappa shape index (κ2) is 9.25. The van der Waals surface area contributed by atoms with E-state index in [2.05, 4.69) is 10.6 Å². The number of methoxy groups -OCH3 is 1. The fourth-order valence-corrected chi connectivity index (χ4v) is 3.51. The number of carbonyl (C=O) groups is 1. The fraction of sp³-hybridized carbons (Fsp3) is 0.250. The lowest BCUT2D eigenvalue weighted by molar-refractivity contribution is 0.193. The highest BCUT2D eigenvalue weighted by Crippen LogP contribution is 2.28. The summed E-state index contributed by atoms with van der Waals surface area (Å²) in [6.07, 6.45) is 1.50. The first-order valence-electron chi connectivity index (χ1n) is 8.60. The number of furan rings is 1. The Morgan fingerprint density at radius 2 is 2.00 bits per heavy atom. The van der Waals surface area contributed by atoms with Gasteiger partial charge in [-0.15, -0.1) is 11.3 Å². The van der Waals surface area contributed by atoms with Crippen molar-refractivity contribution < 1.29 is 19.1 Å². The first kappa shape index (κ1) is 19.0. The molecule has 3 N–H and O–H groups in total. The van der Waals surface area contributed by atoms with Gasteiger partial charge < -0.3 is 24.9 Å². The highest BCUT2D eigenvalue weighted by Gasteiger charge is 2.15. The summed E-state index contributed by atoms with van der Waals surface area (Å²) >= 11 is 1.44. The zero-order valence-electron chi connectivity index (χ0n) is 15.0. The number of carbonyl (C=O) groups excluding carboxylic acids is 1. The molecule has 0 aliphatic rings. The fourth-order valence-electron chi connectivity index (χ4n) is 2.57. The third-order valence-electron chi connectivity index (χ3n) is 4.05. The minimum absolute atomic E-state index is 0.218. The molecular weight excluding hydrogens is 364 g/mol. The normalized spacial score (nSPS) is 11.8. The molecule has 1 atom stereocenters. The Labute approximate surface area is 161 Å². The monoisotopic (exact) mass is 386 g/mol. The van der Waals surface area contributed by atoms with Gasteiger partial charge in [0.1, 0.15) is 17.6 Å². The van der Waals surface area contributed by atoms with Crippen molar-refractivity contribution in [1.82, 2.24) is 10.6 Å². The standard InChI is InChI=1S/C20H22N2O4S/c1-25-15-6-4-14(5-7-15)10-11-21-20(24)22-13-16-8-9-18(27-16)19(23)17-3-2-12-26-17/h2-9,12,19,23H,10-11,13H2,1H3,(H2,21,22,24)/t19-/m0/s1. The van der Waals surface area contributed by atoms with E-state index in [9.17, 15) is 9.90 Å². The Balaban J connectivity index is 1.40. The molecule has 2 heterocycles. The average Bonchev–Trinajstić information content (AvgIpc) is 3.38. The van der Waals surface area contributed by atoms with Crippen LogP contribution in [0.5, 0.6) is 5.75 Å². The molecule has 7 heteroatoms. The molecule has 0 radical (unpaired) electrons. The van der Waals surface area contributed by atoms with Crippen LogP contribution in [0.4, 0.5) is 4.79 Å². The summed E-state index contributed by atoms with van der Waals surface area (Å²) in [5.74, 6) is 1.32. The van der Waals surface area contributed by atoms with Crippen molar-refractivity contribution in [2.75, 3.05) is 13.7 Å². The van der Waals surface area contributed by atoms with Crippen LogP contribution in [0.25, 0.3) is 0 Å². The molecule has 2 aromatic heterocycles. The van der Waals surface area contributed by atoms with Gasteiger partial charge in [-0.1, -0.05) is 12.1 Å². The van der Waals surface area contributed by atoms with Crippen molar-refractivity contribution in [1.29, 1.82) is 0 Å². The van der Waals surface area contributed by atoms with E-state index in [1.54, 1.807) is 19.2 Å². The van der Waals surface area contributed by atoms with Crippen molar-refractivity contribution >= 4 is 17.4 Å². The minimum atomic E-state index is -0.780. The Morgan fingerprint density at radius 3 is 2.70 bits per heavy atom. The largest absolute Gasteiger partial charge is 0.497 e.